The van der Waals surface area contributed by atoms with Crippen molar-refractivity contribution in [1.82, 2.24) is 67.0 Å². The van der Waals surface area contributed by atoms with Crippen LogP contribution in [-0.2, 0) is 14.3 Å². The molecule has 0 aliphatic carbocycles. The van der Waals surface area contributed by atoms with E-state index in [1.54, 1.807) is 0 Å². The molecule has 102 heavy (non-hydrogen) atoms. The molecule has 8 rings (SSSR count). The van der Waals surface area contributed by atoms with E-state index in [0.29, 0.717) is 58.1 Å². The van der Waals surface area contributed by atoms with Gasteiger partial charge in [0.05, 0.1) is 19.8 Å². The van der Waals surface area contributed by atoms with Gasteiger partial charge in [-0.3, -0.25) is 62.8 Å². The fourth-order valence-corrected chi connectivity index (χ4v) is 13.4. The Bertz CT molecular complexity index is 3460. The van der Waals surface area contributed by atoms with Crippen molar-refractivity contribution >= 4 is 128 Å². The number of ether oxygens (including phenoxy) is 2. The summed E-state index contributed by atoms with van der Waals surface area (Å²) in [5.74, 6) is -8.99. The van der Waals surface area contributed by atoms with Gasteiger partial charge in [-0.15, -0.1) is 11.6 Å². The van der Waals surface area contributed by atoms with Crippen molar-refractivity contribution in [3.05, 3.63) is 111 Å². The molecule has 2 unspecified atom stereocenters. The van der Waals surface area contributed by atoms with Gasteiger partial charge in [0.15, 0.2) is 0 Å². The minimum atomic E-state index is -0.833. The van der Waals surface area contributed by atoms with Crippen molar-refractivity contribution in [1.29, 1.82) is 0 Å². The minimum absolute atomic E-state index is 0. The molecule has 12 bridgehead atoms. The van der Waals surface area contributed by atoms with Crippen LogP contribution in [-0.4, -0.2) is 254 Å². The minimum Gasteiger partial charge on any atom is -0.871 e. The van der Waals surface area contributed by atoms with Gasteiger partial charge in [-0.1, -0.05) is 106 Å². The van der Waals surface area contributed by atoms with Gasteiger partial charge in [-0.2, -0.15) is 0 Å². The van der Waals surface area contributed by atoms with E-state index in [-0.39, 0.29) is 251 Å². The zero-order valence-corrected chi connectivity index (χ0v) is 65.7. The monoisotopic (exact) mass is 1830 g/mol. The summed E-state index contributed by atoms with van der Waals surface area (Å²) >= 11 is 19.3. The molecular weight excluding hydrogens is 1750 g/mol. The molecule has 0 aromatic heterocycles. The summed E-state index contributed by atoms with van der Waals surface area (Å²) in [5, 5.41) is 79.1. The van der Waals surface area contributed by atoms with Gasteiger partial charge in [-0.05, 0) is 74.2 Å². The third-order valence-electron chi connectivity index (χ3n) is 17.0. The van der Waals surface area contributed by atoms with E-state index in [0.717, 1.165) is 25.7 Å². The number of amides is 9. The van der Waals surface area contributed by atoms with Gasteiger partial charge in [0.25, 0.3) is 47.3 Å². The molecule has 34 heteroatoms. The second kappa shape index (κ2) is 45.2. The third-order valence-corrected chi connectivity index (χ3v) is 19.1. The van der Waals surface area contributed by atoms with Crippen LogP contribution >= 0.6 is 75.3 Å². The summed E-state index contributed by atoms with van der Waals surface area (Å²) in [4.78, 5) is 135. The largest absolute Gasteiger partial charge is 3.00 e. The maximum absolute atomic E-state index is 15.1. The number of halogens is 5. The first kappa shape index (κ1) is 85.5. The zero-order valence-electron chi connectivity index (χ0n) is 56.5. The van der Waals surface area contributed by atoms with Crippen LogP contribution in [0, 0.1) is 38.6 Å². The first-order valence-corrected chi connectivity index (χ1v) is 37.5. The SMILES string of the molecule is O=C(CCCCCN1CCN2CCNC(=O)c3cc(Br)cc(c3[O-])C(=O)NCCN(CCNC(=O)c3cc(Br)cc(c3[O-])C1=O)CCN1CCNC(=O)c3cc(Br)cc(c3[O-])C(=O)NCCN(CCNC(=O)c3cc(Br)cc(c3[O-])C(=O)NCC1)CC2)NCCOCCOCCCCCCCl.[Tb+3]. The van der Waals surface area contributed by atoms with Crippen LogP contribution in [0.1, 0.15) is 134 Å². The maximum atomic E-state index is 15.1. The average molecular weight is 1840 g/mol. The van der Waals surface area contributed by atoms with Crippen LogP contribution < -0.4 is 63.0 Å². The van der Waals surface area contributed by atoms with Crippen LogP contribution in [0.15, 0.2) is 66.4 Å². The van der Waals surface area contributed by atoms with Crippen molar-refractivity contribution < 1.29 is 112 Å². The van der Waals surface area contributed by atoms with Gasteiger partial charge in [0.2, 0.25) is 5.91 Å². The summed E-state index contributed by atoms with van der Waals surface area (Å²) in [5.41, 5.74) is -2.52. The Morgan fingerprint density at radius 1 is 0.382 bits per heavy atom. The van der Waals surface area contributed by atoms with E-state index in [4.69, 9.17) is 21.1 Å². The summed E-state index contributed by atoms with van der Waals surface area (Å²) in [7, 11) is 0. The molecule has 0 saturated carbocycles. The van der Waals surface area contributed by atoms with E-state index in [1.807, 2.05) is 19.6 Å². The zero-order chi connectivity index (χ0) is 72.8. The van der Waals surface area contributed by atoms with E-state index >= 15 is 4.79 Å². The van der Waals surface area contributed by atoms with Gasteiger partial charge in [0.1, 0.15) is 0 Å². The normalized spacial score (nSPS) is 19.3. The molecule has 558 valence electrons. The molecule has 28 nitrogen and oxygen atoms in total. The van der Waals surface area contributed by atoms with Crippen LogP contribution in [0.5, 0.6) is 23.0 Å². The molecule has 9 amide bonds. The van der Waals surface area contributed by atoms with Crippen molar-refractivity contribution in [2.75, 3.05) is 176 Å². The molecule has 4 aliphatic rings. The Labute approximate surface area is 662 Å². The number of nitrogens with zero attached hydrogens (tertiary/aromatic N) is 5. The molecule has 4 aliphatic heterocycles. The number of rotatable bonds is 18. The maximum Gasteiger partial charge on any atom is 3.00 e. The van der Waals surface area contributed by atoms with Gasteiger partial charge < -0.3 is 77.3 Å². The Morgan fingerprint density at radius 2 is 0.667 bits per heavy atom. The quantitative estimate of drug-likeness (QED) is 0.0524. The Hall–Kier alpha value is -5.43. The fraction of sp³-hybridized carbons (Fsp3) is 0.515. The van der Waals surface area contributed by atoms with Crippen molar-refractivity contribution in [3.8, 4) is 23.0 Å². The summed E-state index contributed by atoms with van der Waals surface area (Å²) in [6.07, 6.45) is 5.55. The van der Waals surface area contributed by atoms with Gasteiger partial charge >= 0.3 is 38.6 Å². The number of nitrogens with one attached hydrogen (secondary N) is 8. The van der Waals surface area contributed by atoms with E-state index in [1.165, 1.54) is 53.4 Å². The molecule has 2 atom stereocenters. The third kappa shape index (κ3) is 27.5. The molecule has 4 heterocycles. The molecule has 0 fully saturated rings. The van der Waals surface area contributed by atoms with Crippen LogP contribution in [0.4, 0.5) is 0 Å². The number of hydrogen-bond donors (Lipinski definition) is 8. The van der Waals surface area contributed by atoms with Crippen LogP contribution in [0.3, 0.4) is 0 Å². The summed E-state index contributed by atoms with van der Waals surface area (Å²) in [6.45, 7) is 2.76. The second-order valence-corrected chi connectivity index (χ2v) is 28.3. The first-order chi connectivity index (χ1) is 48.6. The van der Waals surface area contributed by atoms with Crippen LogP contribution in [0.2, 0.25) is 0 Å². The van der Waals surface area contributed by atoms with Crippen molar-refractivity contribution in [2.45, 2.75) is 51.4 Å². The molecule has 0 spiro atoms. The Balaban J connectivity index is 0.0000164. The van der Waals surface area contributed by atoms with Crippen molar-refractivity contribution in [3.63, 3.8) is 0 Å². The van der Waals surface area contributed by atoms with Crippen molar-refractivity contribution in [2.24, 2.45) is 0 Å². The number of unbranched alkanes of at least 4 members (excludes halogenated alkanes) is 5. The predicted molar refractivity (Wildman–Crippen MR) is 385 cm³/mol. The van der Waals surface area contributed by atoms with Gasteiger partial charge in [-0.25, -0.2) is 0 Å². The topological polar surface area (TPSA) is 377 Å². The van der Waals surface area contributed by atoms with E-state index in [9.17, 15) is 58.8 Å². The van der Waals surface area contributed by atoms with E-state index in [2.05, 4.69) is 106 Å². The molecule has 4 aromatic carbocycles. The summed E-state index contributed by atoms with van der Waals surface area (Å²) in [6, 6.07) is 10.5. The standard InChI is InChI=1S/C68H90Br4ClN13O15.Tb/c69-44-36-48-57(88)50(38-44)64(95)78-13-23-84-24-14-79-65(96)51-39-45(70)37-49(58(51)89)62(93)76-11-20-82(19-10-75-61(48)92)26-27-83-21-12-77-63(94)52-40-46(71)41-53(59(52)90)66(97)81-16-25-85(29-28-84)30-31-86(68(99)55-43-47(72)42-54(60(55)91)67(98)80-15-22-83)18-6-3-4-8-56(87)74-17-33-101-35-34-100-32-7-2-1-5-9-73;/h36-43,88-91H,1-35H2,(H,74,87)(H,75,92)(H,76,93)(H,77,94)(H,78,95)(H,79,96)(H,80,98)(H,81,97);/q;+3/p-4. The number of hydrogen-bond acceptors (Lipinski definition) is 19. The fourth-order valence-electron chi connectivity index (χ4n) is 11.4. The molecular formula is C68H86Br4ClN13O15Tb-. The predicted octanol–water partition coefficient (Wildman–Crippen LogP) is 2.44. The number of benzene rings is 4. The summed E-state index contributed by atoms with van der Waals surface area (Å²) < 4.78 is 12.4. The first-order valence-electron chi connectivity index (χ1n) is 33.8. The smallest absolute Gasteiger partial charge is 0.871 e. The number of carbonyl (C=O) groups is 9. The van der Waals surface area contributed by atoms with E-state index < -0.39 is 70.3 Å². The molecule has 8 N–H and O–H groups in total. The second-order valence-electron chi connectivity index (χ2n) is 24.3. The van der Waals surface area contributed by atoms with Crippen LogP contribution in [0.25, 0.3) is 0 Å². The Kier molecular flexibility index (Phi) is 37.9. The average Bonchev–Trinajstić information content (AvgIpc) is 0.821. The number of fused-ring (bicyclic) bond motifs is 16. The van der Waals surface area contributed by atoms with Gasteiger partial charge in [0, 0.05) is 225 Å². The molecule has 0 radical (unpaired) electrons. The number of carbonyl (C=O) groups excluding carboxylic acids is 9. The molecule has 4 aromatic rings. The molecule has 0 saturated heterocycles. The Morgan fingerprint density at radius 3 is 1.01 bits per heavy atom. The number of alkyl halides is 1.